The summed E-state index contributed by atoms with van der Waals surface area (Å²) in [5, 5.41) is 0. The predicted octanol–water partition coefficient (Wildman–Crippen LogP) is 11.0. The molecule has 0 spiro atoms. The number of hydrogen-bond acceptors (Lipinski definition) is 4. The van der Waals surface area contributed by atoms with Crippen molar-refractivity contribution in [3.05, 3.63) is 186 Å². The van der Waals surface area contributed by atoms with E-state index in [1.165, 1.54) is 17.0 Å². The van der Waals surface area contributed by atoms with Crippen molar-refractivity contribution in [1.82, 2.24) is 0 Å². The molecule has 57 heavy (non-hydrogen) atoms. The molecular formula is C49H54N3O4Si+3. The number of rotatable bonds is 7. The first kappa shape index (κ1) is 40.4. The summed E-state index contributed by atoms with van der Waals surface area (Å²) in [5.74, 6) is 3.64. The highest BCUT2D eigenvalue weighted by molar-refractivity contribution is 6.68. The first-order valence-corrected chi connectivity index (χ1v) is 22.8. The molecule has 0 saturated heterocycles. The molecule has 0 fully saturated rings. The van der Waals surface area contributed by atoms with Gasteiger partial charge in [0.05, 0.1) is 11.6 Å². The molecule has 5 aromatic rings. The van der Waals surface area contributed by atoms with Crippen molar-refractivity contribution in [1.29, 1.82) is 0 Å². The van der Waals surface area contributed by atoms with Gasteiger partial charge in [0.2, 0.25) is 17.1 Å². The maximum atomic E-state index is 6.00. The van der Waals surface area contributed by atoms with E-state index in [0.29, 0.717) is 20.2 Å². The van der Waals surface area contributed by atoms with Crippen LogP contribution in [0.2, 0.25) is 19.6 Å². The lowest BCUT2D eigenvalue weighted by Crippen LogP contribution is -2.43. The normalized spacial score (nSPS) is 15.4. The van der Waals surface area contributed by atoms with Gasteiger partial charge in [-0.1, -0.05) is 127 Å². The van der Waals surface area contributed by atoms with Crippen molar-refractivity contribution in [3.8, 4) is 5.75 Å². The summed E-state index contributed by atoms with van der Waals surface area (Å²) < 4.78 is 24.0. The SMILES string of the molecule is CC1=C(c2ccccc2)OC[N+](c2ccccc2)=C1C.CC1=[N+](Oc2ccccc2)COC(c2ccccc2)=C1.CC1=[N+]([Si](C)(C)C)COC(c2ccccc2)=C1. The molecule has 8 rings (SSSR count). The molecule has 0 amide bonds. The van der Waals surface area contributed by atoms with E-state index in [9.17, 15) is 0 Å². The number of para-hydroxylation sites is 2. The average molecular weight is 777 g/mol. The molecule has 0 N–H and O–H groups in total. The lowest BCUT2D eigenvalue weighted by atomic mass is 10.0. The van der Waals surface area contributed by atoms with Crippen molar-refractivity contribution in [2.45, 2.75) is 47.3 Å². The highest BCUT2D eigenvalue weighted by Crippen LogP contribution is 2.27. The van der Waals surface area contributed by atoms with Crippen LogP contribution in [-0.4, -0.2) is 59.1 Å². The van der Waals surface area contributed by atoms with Crippen LogP contribution < -0.4 is 4.84 Å². The lowest BCUT2D eigenvalue weighted by Gasteiger charge is -2.22. The fourth-order valence-corrected chi connectivity index (χ4v) is 8.09. The van der Waals surface area contributed by atoms with E-state index < -0.39 is 8.24 Å². The Morgan fingerprint density at radius 2 is 0.947 bits per heavy atom. The highest BCUT2D eigenvalue weighted by atomic mass is 28.3. The molecule has 0 radical (unpaired) electrons. The zero-order valence-electron chi connectivity index (χ0n) is 34.2. The molecule has 3 heterocycles. The molecule has 0 atom stereocenters. The third-order valence-corrected chi connectivity index (χ3v) is 11.9. The van der Waals surface area contributed by atoms with Gasteiger partial charge in [0.1, 0.15) is 17.3 Å². The number of hydrogen-bond donors (Lipinski definition) is 0. The molecule has 0 saturated carbocycles. The second-order valence-corrected chi connectivity index (χ2v) is 19.8. The van der Waals surface area contributed by atoms with Crippen molar-refractivity contribution in [2.75, 3.05) is 20.2 Å². The van der Waals surface area contributed by atoms with Crippen LogP contribution in [0, 0.1) is 0 Å². The highest BCUT2D eigenvalue weighted by Gasteiger charge is 2.34. The number of benzene rings is 5. The van der Waals surface area contributed by atoms with Gasteiger partial charge in [0.15, 0.2) is 11.4 Å². The maximum Gasteiger partial charge on any atom is 0.352 e. The zero-order chi connectivity index (χ0) is 40.2. The van der Waals surface area contributed by atoms with Crippen LogP contribution in [0.5, 0.6) is 5.75 Å². The van der Waals surface area contributed by atoms with Gasteiger partial charge in [0, 0.05) is 60.4 Å². The van der Waals surface area contributed by atoms with Crippen molar-refractivity contribution in [2.24, 2.45) is 0 Å². The molecule has 0 unspecified atom stereocenters. The topological polar surface area (TPSA) is 46.0 Å². The monoisotopic (exact) mass is 776 g/mol. The van der Waals surface area contributed by atoms with Crippen LogP contribution in [0.1, 0.15) is 44.4 Å². The molecule has 0 aliphatic carbocycles. The van der Waals surface area contributed by atoms with Gasteiger partial charge in [-0.3, -0.25) is 4.24 Å². The van der Waals surface area contributed by atoms with Crippen molar-refractivity contribution >= 4 is 48.3 Å². The van der Waals surface area contributed by atoms with Gasteiger partial charge in [-0.05, 0) is 38.7 Å². The maximum absolute atomic E-state index is 6.00. The van der Waals surface area contributed by atoms with E-state index in [1.807, 2.05) is 128 Å². The number of allylic oxidation sites excluding steroid dienone is 3. The first-order chi connectivity index (χ1) is 27.6. The molecule has 0 bridgehead atoms. The molecule has 3 aliphatic rings. The Hall–Kier alpha value is -6.25. The van der Waals surface area contributed by atoms with E-state index in [-0.39, 0.29) is 0 Å². The lowest BCUT2D eigenvalue weighted by molar-refractivity contribution is -0.764. The van der Waals surface area contributed by atoms with E-state index in [0.717, 1.165) is 51.1 Å². The Morgan fingerprint density at radius 3 is 1.44 bits per heavy atom. The fourth-order valence-electron chi connectivity index (χ4n) is 6.51. The zero-order valence-corrected chi connectivity index (χ0v) is 35.2. The van der Waals surface area contributed by atoms with Gasteiger partial charge >= 0.3 is 15.0 Å². The average Bonchev–Trinajstić information content (AvgIpc) is 3.24. The summed E-state index contributed by atoms with van der Waals surface area (Å²) in [6.07, 6.45) is 4.14. The van der Waals surface area contributed by atoms with E-state index in [1.54, 1.807) is 4.74 Å². The van der Waals surface area contributed by atoms with E-state index in [4.69, 9.17) is 19.0 Å². The van der Waals surface area contributed by atoms with Crippen molar-refractivity contribution < 1.29 is 32.6 Å². The quantitative estimate of drug-likeness (QED) is 0.122. The van der Waals surface area contributed by atoms with Crippen LogP contribution in [-0.2, 0) is 14.2 Å². The minimum atomic E-state index is -1.32. The molecule has 3 aliphatic heterocycles. The van der Waals surface area contributed by atoms with E-state index in [2.05, 4.69) is 91.7 Å². The largest absolute Gasteiger partial charge is 0.437 e. The Kier molecular flexibility index (Phi) is 13.5. The molecule has 5 aromatic carbocycles. The molecule has 7 nitrogen and oxygen atoms in total. The summed E-state index contributed by atoms with van der Waals surface area (Å²) >= 11 is 0. The van der Waals surface area contributed by atoms with Crippen molar-refractivity contribution in [3.63, 3.8) is 0 Å². The van der Waals surface area contributed by atoms with Gasteiger partial charge in [-0.15, -0.1) is 0 Å². The standard InChI is InChI=1S/C18H18NO.C17H16NO2.C14H20NOSi/c1-14-15(2)19(17-11-7-4-8-12-17)13-20-18(14)16-9-5-3-6-10-16;1-14-12-17(15-8-4-2-5-9-15)19-13-18(14)20-16-10-6-3-7-11-16;1-12-10-14(13-8-6-5-7-9-13)16-11-15(12)17(2,3)4/h3-12H,13H2,1-2H3;2-12H,13H2,1H3;5-10H,11H2,1-4H3/q3*+1. The Bertz CT molecular complexity index is 2250. The third-order valence-electron chi connectivity index (χ3n) is 9.80. The van der Waals surface area contributed by atoms with Crippen LogP contribution in [0.3, 0.4) is 0 Å². The summed E-state index contributed by atoms with van der Waals surface area (Å²) in [4.78, 5) is 5.78. The number of nitrogens with zero attached hydrogens (tertiary/aromatic N) is 3. The number of ether oxygens (including phenoxy) is 3. The second-order valence-electron chi connectivity index (χ2n) is 14.9. The second kappa shape index (κ2) is 19.1. The Balaban J connectivity index is 0.000000145. The van der Waals surface area contributed by atoms with E-state index >= 15 is 0 Å². The fraction of sp³-hybridized carbons (Fsp3) is 0.204. The molecule has 8 heteroatoms. The van der Waals surface area contributed by atoms with Gasteiger partial charge in [-0.25, -0.2) is 4.84 Å². The van der Waals surface area contributed by atoms with Crippen LogP contribution in [0.15, 0.2) is 169 Å². The summed E-state index contributed by atoms with van der Waals surface area (Å²) in [7, 11) is -1.32. The summed E-state index contributed by atoms with van der Waals surface area (Å²) in [5.41, 5.74) is 9.28. The minimum Gasteiger partial charge on any atom is -0.437 e. The first-order valence-electron chi connectivity index (χ1n) is 19.4. The molecular weight excluding hydrogens is 723 g/mol. The van der Waals surface area contributed by atoms with Crippen LogP contribution in [0.4, 0.5) is 5.69 Å². The predicted molar refractivity (Wildman–Crippen MR) is 235 cm³/mol. The molecule has 0 aromatic heterocycles. The van der Waals surface area contributed by atoms with Crippen LogP contribution >= 0.6 is 0 Å². The minimum absolute atomic E-state index is 0.376. The Labute approximate surface area is 339 Å². The van der Waals surface area contributed by atoms with Gasteiger partial charge in [-0.2, -0.15) is 4.58 Å². The van der Waals surface area contributed by atoms with Gasteiger partial charge < -0.3 is 14.2 Å². The van der Waals surface area contributed by atoms with Crippen LogP contribution in [0.25, 0.3) is 17.3 Å². The van der Waals surface area contributed by atoms with Gasteiger partial charge in [0.25, 0.3) is 13.5 Å². The smallest absolute Gasteiger partial charge is 0.352 e. The summed E-state index contributed by atoms with van der Waals surface area (Å²) in [6.45, 7) is 17.1. The summed E-state index contributed by atoms with van der Waals surface area (Å²) in [6, 6.07) is 50.7. The third kappa shape index (κ3) is 10.7. The Morgan fingerprint density at radius 1 is 0.491 bits per heavy atom. The number of hydroxylamine groups is 1. The molecule has 290 valence electrons.